The van der Waals surface area contributed by atoms with Crippen LogP contribution in [0.5, 0.6) is 0 Å². The lowest BCUT2D eigenvalue weighted by Gasteiger charge is -1.90. The fraction of sp³-hybridized carbons (Fsp3) is 0.0833. The van der Waals surface area contributed by atoms with Crippen LogP contribution < -0.4 is 0 Å². The average Bonchev–Trinajstić information content (AvgIpc) is 2.67. The van der Waals surface area contributed by atoms with E-state index in [2.05, 4.69) is 16.8 Å². The Balaban J connectivity index is 2.26. The van der Waals surface area contributed by atoms with Crippen molar-refractivity contribution in [3.05, 3.63) is 53.7 Å². The number of aromatic nitrogens is 1. The lowest BCUT2D eigenvalue weighted by molar-refractivity contribution is 0.554. The fourth-order valence-corrected chi connectivity index (χ4v) is 1.11. The van der Waals surface area contributed by atoms with Crippen LogP contribution in [0.15, 0.2) is 41.1 Å². The van der Waals surface area contributed by atoms with Gasteiger partial charge in [0.2, 0.25) is 0 Å². The Morgan fingerprint density at radius 1 is 1.29 bits per heavy atom. The van der Waals surface area contributed by atoms with Crippen molar-refractivity contribution in [2.24, 2.45) is 0 Å². The Labute approximate surface area is 82.6 Å². The van der Waals surface area contributed by atoms with Crippen molar-refractivity contribution in [2.75, 3.05) is 0 Å². The largest absolute Gasteiger partial charge is 0.456 e. The number of furan rings is 1. The van der Waals surface area contributed by atoms with E-state index >= 15 is 0 Å². The van der Waals surface area contributed by atoms with Gasteiger partial charge in [-0.3, -0.25) is 4.98 Å². The first-order valence-corrected chi connectivity index (χ1v) is 4.33. The molecular formula is C12H9NO. The highest BCUT2D eigenvalue weighted by Gasteiger charge is 1.89. The van der Waals surface area contributed by atoms with Crippen LogP contribution in [0.25, 0.3) is 0 Å². The molecule has 0 aliphatic carbocycles. The van der Waals surface area contributed by atoms with E-state index in [9.17, 15) is 0 Å². The second kappa shape index (κ2) is 3.80. The minimum absolute atomic E-state index is 0.680. The molecule has 0 fully saturated rings. The smallest absolute Gasteiger partial charge is 0.176 e. The quantitative estimate of drug-likeness (QED) is 0.586. The van der Waals surface area contributed by atoms with E-state index in [0.717, 1.165) is 11.3 Å². The van der Waals surface area contributed by atoms with Crippen LogP contribution in [0, 0.1) is 18.8 Å². The van der Waals surface area contributed by atoms with Gasteiger partial charge in [0.25, 0.3) is 0 Å². The van der Waals surface area contributed by atoms with Crippen molar-refractivity contribution in [3.63, 3.8) is 0 Å². The highest BCUT2D eigenvalue weighted by atomic mass is 16.3. The van der Waals surface area contributed by atoms with Gasteiger partial charge in [0.15, 0.2) is 5.76 Å². The molecule has 2 aromatic heterocycles. The van der Waals surface area contributed by atoms with Gasteiger partial charge in [0.05, 0.1) is 6.26 Å². The van der Waals surface area contributed by atoms with Gasteiger partial charge in [-0.25, -0.2) is 0 Å². The maximum atomic E-state index is 5.10. The number of rotatable bonds is 0. The average molecular weight is 183 g/mol. The molecule has 0 aliphatic rings. The molecule has 2 nitrogen and oxygen atoms in total. The zero-order valence-corrected chi connectivity index (χ0v) is 7.82. The molecule has 0 unspecified atom stereocenters. The van der Waals surface area contributed by atoms with Gasteiger partial charge < -0.3 is 4.42 Å². The highest BCUT2D eigenvalue weighted by molar-refractivity contribution is 5.38. The summed E-state index contributed by atoms with van der Waals surface area (Å²) in [7, 11) is 0. The summed E-state index contributed by atoms with van der Waals surface area (Å²) in [5, 5.41) is 0. The molecule has 0 amide bonds. The maximum Gasteiger partial charge on any atom is 0.176 e. The molecule has 0 atom stereocenters. The zero-order valence-electron chi connectivity index (χ0n) is 7.82. The van der Waals surface area contributed by atoms with Crippen LogP contribution in [-0.2, 0) is 0 Å². The van der Waals surface area contributed by atoms with E-state index in [1.165, 1.54) is 0 Å². The third kappa shape index (κ3) is 2.02. The van der Waals surface area contributed by atoms with Crippen LogP contribution in [0.4, 0.5) is 0 Å². The molecule has 0 aliphatic heterocycles. The number of aryl methyl sites for hydroxylation is 1. The number of nitrogens with zero attached hydrogens (tertiary/aromatic N) is 1. The summed E-state index contributed by atoms with van der Waals surface area (Å²) in [6, 6.07) is 7.47. The third-order valence-corrected chi connectivity index (χ3v) is 1.75. The molecule has 2 aromatic rings. The Kier molecular flexibility index (Phi) is 2.33. The molecule has 0 spiro atoms. The molecule has 68 valence electrons. The van der Waals surface area contributed by atoms with Crippen LogP contribution >= 0.6 is 0 Å². The Hall–Kier alpha value is -2.01. The van der Waals surface area contributed by atoms with Crippen molar-refractivity contribution in [2.45, 2.75) is 6.92 Å². The summed E-state index contributed by atoms with van der Waals surface area (Å²) >= 11 is 0. The zero-order chi connectivity index (χ0) is 9.80. The molecule has 0 radical (unpaired) electrons. The van der Waals surface area contributed by atoms with Crippen molar-refractivity contribution < 1.29 is 4.42 Å². The summed E-state index contributed by atoms with van der Waals surface area (Å²) in [5.41, 5.74) is 1.92. The van der Waals surface area contributed by atoms with Crippen LogP contribution in [0.1, 0.15) is 17.0 Å². The van der Waals surface area contributed by atoms with Gasteiger partial charge in [0, 0.05) is 17.5 Å². The number of hydrogen-bond donors (Lipinski definition) is 0. The topological polar surface area (TPSA) is 26.0 Å². The minimum atomic E-state index is 0.680. The van der Waals surface area contributed by atoms with Gasteiger partial charge in [-0.2, -0.15) is 0 Å². The molecule has 2 heterocycles. The first-order valence-electron chi connectivity index (χ1n) is 4.33. The summed E-state index contributed by atoms with van der Waals surface area (Å²) in [4.78, 5) is 4.09. The van der Waals surface area contributed by atoms with Crippen molar-refractivity contribution in [3.8, 4) is 11.8 Å². The number of hydrogen-bond acceptors (Lipinski definition) is 2. The molecule has 0 saturated heterocycles. The standard InChI is InChI=1S/C12H9NO/c1-10-9-11(6-7-13-10)4-5-12-3-2-8-14-12/h2-3,6-9H,1H3. The molecule has 2 rings (SSSR count). The van der Waals surface area contributed by atoms with Crippen molar-refractivity contribution in [1.82, 2.24) is 4.98 Å². The first kappa shape index (κ1) is 8.58. The molecule has 2 heteroatoms. The highest BCUT2D eigenvalue weighted by Crippen LogP contribution is 2.00. The molecule has 0 saturated carbocycles. The van der Waals surface area contributed by atoms with Gasteiger partial charge >= 0.3 is 0 Å². The van der Waals surface area contributed by atoms with E-state index in [4.69, 9.17) is 4.42 Å². The predicted molar refractivity (Wildman–Crippen MR) is 53.7 cm³/mol. The van der Waals surface area contributed by atoms with E-state index in [-0.39, 0.29) is 0 Å². The molecule has 0 bridgehead atoms. The molecular weight excluding hydrogens is 174 g/mol. The Morgan fingerprint density at radius 2 is 2.21 bits per heavy atom. The summed E-state index contributed by atoms with van der Waals surface area (Å²) < 4.78 is 5.10. The van der Waals surface area contributed by atoms with Gasteiger partial charge in [-0.15, -0.1) is 0 Å². The monoisotopic (exact) mass is 183 g/mol. The summed E-state index contributed by atoms with van der Waals surface area (Å²) in [6.45, 7) is 1.94. The van der Waals surface area contributed by atoms with Crippen molar-refractivity contribution >= 4 is 0 Å². The van der Waals surface area contributed by atoms with Crippen LogP contribution in [0.2, 0.25) is 0 Å². The predicted octanol–water partition coefficient (Wildman–Crippen LogP) is 2.38. The van der Waals surface area contributed by atoms with E-state index in [0.29, 0.717) is 5.76 Å². The lowest BCUT2D eigenvalue weighted by atomic mass is 10.2. The van der Waals surface area contributed by atoms with E-state index < -0.39 is 0 Å². The van der Waals surface area contributed by atoms with E-state index in [1.807, 2.05) is 31.2 Å². The summed E-state index contributed by atoms with van der Waals surface area (Å²) in [5.74, 6) is 6.61. The minimum Gasteiger partial charge on any atom is -0.456 e. The van der Waals surface area contributed by atoms with E-state index in [1.54, 1.807) is 12.5 Å². The second-order valence-electron chi connectivity index (χ2n) is 2.91. The van der Waals surface area contributed by atoms with Gasteiger partial charge in [-0.05, 0) is 37.1 Å². The van der Waals surface area contributed by atoms with Gasteiger partial charge in [0.1, 0.15) is 0 Å². The lowest BCUT2D eigenvalue weighted by Crippen LogP contribution is -1.81. The maximum absolute atomic E-state index is 5.10. The van der Waals surface area contributed by atoms with Crippen LogP contribution in [-0.4, -0.2) is 4.98 Å². The van der Waals surface area contributed by atoms with Crippen LogP contribution in [0.3, 0.4) is 0 Å². The SMILES string of the molecule is Cc1cc(C#Cc2ccco2)ccn1. The Morgan fingerprint density at radius 3 is 2.93 bits per heavy atom. The second-order valence-corrected chi connectivity index (χ2v) is 2.91. The first-order chi connectivity index (χ1) is 6.84. The fourth-order valence-electron chi connectivity index (χ4n) is 1.11. The Bertz CT molecular complexity index is 475. The summed E-state index contributed by atoms with van der Waals surface area (Å²) in [6.07, 6.45) is 3.36. The normalized spacial score (nSPS) is 9.21. The molecule has 14 heavy (non-hydrogen) atoms. The third-order valence-electron chi connectivity index (χ3n) is 1.75. The molecule has 0 N–H and O–H groups in total. The van der Waals surface area contributed by atoms with Crippen molar-refractivity contribution in [1.29, 1.82) is 0 Å². The van der Waals surface area contributed by atoms with Gasteiger partial charge in [-0.1, -0.05) is 5.92 Å². The molecule has 0 aromatic carbocycles. The number of pyridine rings is 1.